The van der Waals surface area contributed by atoms with Crippen molar-refractivity contribution in [3.8, 4) is 0 Å². The maximum absolute atomic E-state index is 13.7. The highest BCUT2D eigenvalue weighted by Gasteiger charge is 2.13. The zero-order chi connectivity index (χ0) is 13.8. The van der Waals surface area contributed by atoms with Crippen LogP contribution >= 0.6 is 22.9 Å². The first-order valence-corrected chi connectivity index (χ1v) is 6.71. The smallest absolute Gasteiger partial charge is 0.357 e. The van der Waals surface area contributed by atoms with Crippen LogP contribution in [-0.4, -0.2) is 17.6 Å². The van der Waals surface area contributed by atoms with Crippen LogP contribution in [0.2, 0.25) is 5.02 Å². The molecule has 0 aliphatic heterocycles. The Bertz CT molecular complexity index is 603. The van der Waals surface area contributed by atoms with E-state index in [1.54, 1.807) is 18.4 Å². The number of aromatic nitrogens is 1. The van der Waals surface area contributed by atoms with Gasteiger partial charge in [-0.05, 0) is 19.1 Å². The first-order chi connectivity index (χ1) is 9.11. The first-order valence-electron chi connectivity index (χ1n) is 5.45. The summed E-state index contributed by atoms with van der Waals surface area (Å²) in [6, 6.07) is 4.61. The van der Waals surface area contributed by atoms with Crippen molar-refractivity contribution in [2.24, 2.45) is 0 Å². The number of rotatable bonds is 4. The molecule has 0 aliphatic carbocycles. The van der Waals surface area contributed by atoms with Gasteiger partial charge in [0.1, 0.15) is 0 Å². The van der Waals surface area contributed by atoms with Gasteiger partial charge in [-0.15, -0.1) is 11.3 Å². The second-order valence-electron chi connectivity index (χ2n) is 3.48. The summed E-state index contributed by atoms with van der Waals surface area (Å²) in [4.78, 5) is 15.4. The van der Waals surface area contributed by atoms with E-state index >= 15 is 0 Å². The van der Waals surface area contributed by atoms with Crippen molar-refractivity contribution in [1.29, 1.82) is 0 Å². The van der Waals surface area contributed by atoms with Gasteiger partial charge in [0.2, 0.25) is 0 Å². The summed E-state index contributed by atoms with van der Waals surface area (Å²) in [5.41, 5.74) is 0.397. The van der Waals surface area contributed by atoms with E-state index in [1.165, 1.54) is 23.5 Å². The summed E-state index contributed by atoms with van der Waals surface area (Å²) >= 11 is 6.85. The SMILES string of the molecule is CCOC(=O)c1csc(Nc2cccc(Cl)c2F)n1. The average Bonchev–Trinajstić information content (AvgIpc) is 2.84. The van der Waals surface area contributed by atoms with E-state index < -0.39 is 11.8 Å². The monoisotopic (exact) mass is 300 g/mol. The number of nitrogens with one attached hydrogen (secondary N) is 1. The van der Waals surface area contributed by atoms with Crippen LogP contribution in [0.1, 0.15) is 17.4 Å². The lowest BCUT2D eigenvalue weighted by atomic mass is 10.3. The quantitative estimate of drug-likeness (QED) is 0.871. The topological polar surface area (TPSA) is 51.2 Å². The maximum Gasteiger partial charge on any atom is 0.357 e. The van der Waals surface area contributed by atoms with Crippen LogP contribution in [-0.2, 0) is 4.74 Å². The third-order valence-corrected chi connectivity index (χ3v) is 3.23. The molecular weight excluding hydrogens is 291 g/mol. The highest BCUT2D eigenvalue weighted by atomic mass is 35.5. The number of thiazole rings is 1. The minimum atomic E-state index is -0.558. The van der Waals surface area contributed by atoms with Gasteiger partial charge in [-0.2, -0.15) is 0 Å². The summed E-state index contributed by atoms with van der Waals surface area (Å²) in [5.74, 6) is -1.06. The molecule has 0 atom stereocenters. The van der Waals surface area contributed by atoms with Crippen LogP contribution in [0.3, 0.4) is 0 Å². The number of anilines is 2. The van der Waals surface area contributed by atoms with Gasteiger partial charge >= 0.3 is 5.97 Å². The first kappa shape index (κ1) is 13.8. The fraction of sp³-hybridized carbons (Fsp3) is 0.167. The van der Waals surface area contributed by atoms with Crippen LogP contribution in [0.5, 0.6) is 0 Å². The van der Waals surface area contributed by atoms with Crippen molar-refractivity contribution in [1.82, 2.24) is 4.98 Å². The molecule has 1 aromatic carbocycles. The summed E-state index contributed by atoms with van der Waals surface area (Å²) in [7, 11) is 0. The Kier molecular flexibility index (Phi) is 4.34. The second kappa shape index (κ2) is 5.99. The van der Waals surface area contributed by atoms with Crippen molar-refractivity contribution >= 4 is 39.7 Å². The highest BCUT2D eigenvalue weighted by molar-refractivity contribution is 7.14. The molecule has 1 N–H and O–H groups in total. The Balaban J connectivity index is 2.16. The summed E-state index contributed by atoms with van der Waals surface area (Å²) in [6.45, 7) is 1.99. The Morgan fingerprint density at radius 1 is 1.58 bits per heavy atom. The lowest BCUT2D eigenvalue weighted by Crippen LogP contribution is -2.05. The molecule has 4 nitrogen and oxygen atoms in total. The van der Waals surface area contributed by atoms with Crippen molar-refractivity contribution in [2.45, 2.75) is 6.92 Å². The molecule has 0 saturated carbocycles. The minimum Gasteiger partial charge on any atom is -0.461 e. The van der Waals surface area contributed by atoms with E-state index in [1.807, 2.05) is 0 Å². The van der Waals surface area contributed by atoms with Gasteiger partial charge in [-0.1, -0.05) is 17.7 Å². The number of esters is 1. The lowest BCUT2D eigenvalue weighted by molar-refractivity contribution is 0.0520. The zero-order valence-electron chi connectivity index (χ0n) is 9.94. The number of hydrogen-bond acceptors (Lipinski definition) is 5. The molecule has 1 aromatic heterocycles. The fourth-order valence-corrected chi connectivity index (χ4v) is 2.21. The Morgan fingerprint density at radius 2 is 2.37 bits per heavy atom. The summed E-state index contributed by atoms with van der Waals surface area (Å²) in [6.07, 6.45) is 0. The average molecular weight is 301 g/mol. The third-order valence-electron chi connectivity index (χ3n) is 2.18. The van der Waals surface area contributed by atoms with Gasteiger partial charge in [0, 0.05) is 5.38 Å². The standard InChI is InChI=1S/C12H10ClFN2O2S/c1-2-18-11(17)9-6-19-12(16-9)15-8-5-3-4-7(13)10(8)14/h3-6H,2H2,1H3,(H,15,16). The van der Waals surface area contributed by atoms with Crippen LogP contribution in [0, 0.1) is 5.82 Å². The predicted molar refractivity (Wildman–Crippen MR) is 72.8 cm³/mol. The third kappa shape index (κ3) is 3.21. The van der Waals surface area contributed by atoms with E-state index in [9.17, 15) is 9.18 Å². The largest absolute Gasteiger partial charge is 0.461 e. The van der Waals surface area contributed by atoms with Crippen molar-refractivity contribution < 1.29 is 13.9 Å². The molecule has 0 spiro atoms. The van der Waals surface area contributed by atoms with Gasteiger partial charge in [-0.3, -0.25) is 0 Å². The van der Waals surface area contributed by atoms with Gasteiger partial charge in [0.05, 0.1) is 17.3 Å². The number of hydrogen-bond donors (Lipinski definition) is 1. The van der Waals surface area contributed by atoms with Crippen molar-refractivity contribution in [3.05, 3.63) is 40.1 Å². The Morgan fingerprint density at radius 3 is 3.11 bits per heavy atom. The molecule has 0 unspecified atom stereocenters. The summed E-state index contributed by atoms with van der Waals surface area (Å²) in [5, 5.41) is 4.73. The molecule has 1 heterocycles. The van der Waals surface area contributed by atoms with E-state index in [0.29, 0.717) is 5.13 Å². The number of carbonyl (C=O) groups excluding carboxylic acids is 1. The summed E-state index contributed by atoms with van der Waals surface area (Å²) < 4.78 is 18.5. The molecule has 19 heavy (non-hydrogen) atoms. The minimum absolute atomic E-state index is 0.0205. The molecule has 0 radical (unpaired) electrons. The van der Waals surface area contributed by atoms with Gasteiger partial charge in [-0.25, -0.2) is 14.2 Å². The normalized spacial score (nSPS) is 10.3. The Hall–Kier alpha value is -1.66. The molecule has 100 valence electrons. The highest BCUT2D eigenvalue weighted by Crippen LogP contribution is 2.27. The zero-order valence-corrected chi connectivity index (χ0v) is 11.5. The maximum atomic E-state index is 13.7. The molecular formula is C12H10ClFN2O2S. The van der Waals surface area contributed by atoms with E-state index in [4.69, 9.17) is 16.3 Å². The van der Waals surface area contributed by atoms with Gasteiger partial charge in [0.15, 0.2) is 16.6 Å². The van der Waals surface area contributed by atoms with Crippen molar-refractivity contribution in [2.75, 3.05) is 11.9 Å². The molecule has 0 amide bonds. The molecule has 2 aromatic rings. The van der Waals surface area contributed by atoms with E-state index in [-0.39, 0.29) is 23.0 Å². The number of ether oxygens (including phenoxy) is 1. The van der Waals surface area contributed by atoms with Crippen LogP contribution < -0.4 is 5.32 Å². The van der Waals surface area contributed by atoms with Gasteiger partial charge < -0.3 is 10.1 Å². The number of halogens is 2. The molecule has 7 heteroatoms. The van der Waals surface area contributed by atoms with E-state index in [0.717, 1.165) is 0 Å². The molecule has 0 fully saturated rings. The molecule has 2 rings (SSSR count). The predicted octanol–water partition coefficient (Wildman–Crippen LogP) is 3.86. The Labute approximate surface area is 118 Å². The fourth-order valence-electron chi connectivity index (χ4n) is 1.35. The van der Waals surface area contributed by atoms with Gasteiger partial charge in [0.25, 0.3) is 0 Å². The van der Waals surface area contributed by atoms with Crippen LogP contribution in [0.15, 0.2) is 23.6 Å². The lowest BCUT2D eigenvalue weighted by Gasteiger charge is -2.04. The number of benzene rings is 1. The molecule has 0 bridgehead atoms. The van der Waals surface area contributed by atoms with Crippen LogP contribution in [0.4, 0.5) is 15.2 Å². The molecule has 0 aliphatic rings. The van der Waals surface area contributed by atoms with Crippen molar-refractivity contribution in [3.63, 3.8) is 0 Å². The number of nitrogens with zero attached hydrogens (tertiary/aromatic N) is 1. The van der Waals surface area contributed by atoms with E-state index in [2.05, 4.69) is 10.3 Å². The molecule has 0 saturated heterocycles. The van der Waals surface area contributed by atoms with Crippen LogP contribution in [0.25, 0.3) is 0 Å². The number of carbonyl (C=O) groups is 1. The second-order valence-corrected chi connectivity index (χ2v) is 4.75.